The van der Waals surface area contributed by atoms with Crippen LogP contribution in [0.25, 0.3) is 0 Å². The lowest BCUT2D eigenvalue weighted by atomic mass is 9.84. The Labute approximate surface area is 114 Å². The third-order valence-electron chi connectivity index (χ3n) is 3.05. The highest BCUT2D eigenvalue weighted by Crippen LogP contribution is 2.58. The number of hydrogen-bond acceptors (Lipinski definition) is 4. The summed E-state index contributed by atoms with van der Waals surface area (Å²) < 4.78 is 11.6. The Morgan fingerprint density at radius 3 is 1.90 bits per heavy atom. The molecule has 0 amide bonds. The number of carbonyl (C=O) groups is 3. The predicted molar refractivity (Wildman–Crippen MR) is 65.3 cm³/mol. The molecule has 0 spiro atoms. The van der Waals surface area contributed by atoms with E-state index in [1.807, 2.05) is 0 Å². The highest BCUT2D eigenvalue weighted by atomic mass is 31.2. The SMILES string of the molecule is CCCCC(C(=O)O)(C(CC(=O)O)C(=O)O)P(=O)(O)O. The van der Waals surface area contributed by atoms with Gasteiger partial charge in [-0.3, -0.25) is 18.9 Å². The van der Waals surface area contributed by atoms with Crippen molar-refractivity contribution in [2.24, 2.45) is 5.92 Å². The lowest BCUT2D eigenvalue weighted by Crippen LogP contribution is -2.49. The van der Waals surface area contributed by atoms with Crippen molar-refractivity contribution in [1.29, 1.82) is 0 Å². The van der Waals surface area contributed by atoms with Crippen LogP contribution < -0.4 is 0 Å². The summed E-state index contributed by atoms with van der Waals surface area (Å²) in [6, 6.07) is 0. The number of unbranched alkanes of at least 4 members (excludes halogenated alkanes) is 1. The van der Waals surface area contributed by atoms with Crippen LogP contribution in [0.2, 0.25) is 0 Å². The van der Waals surface area contributed by atoms with Gasteiger partial charge in [-0.1, -0.05) is 19.8 Å². The zero-order valence-electron chi connectivity index (χ0n) is 10.7. The van der Waals surface area contributed by atoms with Gasteiger partial charge in [-0.15, -0.1) is 0 Å². The zero-order valence-corrected chi connectivity index (χ0v) is 11.6. The average molecular weight is 312 g/mol. The van der Waals surface area contributed by atoms with Crippen LogP contribution in [0.5, 0.6) is 0 Å². The highest BCUT2D eigenvalue weighted by molar-refractivity contribution is 7.54. The summed E-state index contributed by atoms with van der Waals surface area (Å²) in [5, 5.41) is 23.9. The van der Waals surface area contributed by atoms with Crippen LogP contribution in [0, 0.1) is 5.92 Å². The van der Waals surface area contributed by atoms with E-state index in [4.69, 9.17) is 15.3 Å². The Balaban J connectivity index is 6.02. The fourth-order valence-electron chi connectivity index (χ4n) is 1.98. The molecule has 0 bridgehead atoms. The Morgan fingerprint density at radius 1 is 1.15 bits per heavy atom. The van der Waals surface area contributed by atoms with E-state index in [1.165, 1.54) is 0 Å². The first kappa shape index (κ1) is 18.6. The Bertz CT molecular complexity index is 440. The summed E-state index contributed by atoms with van der Waals surface area (Å²) in [6.45, 7) is 1.62. The second-order valence-corrected chi connectivity index (χ2v) is 6.25. The number of hydrogen-bond donors (Lipinski definition) is 5. The smallest absolute Gasteiger partial charge is 0.343 e. The molecule has 0 heterocycles. The third kappa shape index (κ3) is 3.78. The van der Waals surface area contributed by atoms with Crippen LogP contribution in [0.15, 0.2) is 0 Å². The first-order chi connectivity index (χ1) is 9.00. The van der Waals surface area contributed by atoms with Crippen molar-refractivity contribution in [2.45, 2.75) is 37.8 Å². The molecule has 0 aromatic carbocycles. The number of carboxylic acids is 3. The fraction of sp³-hybridized carbons (Fsp3) is 0.700. The van der Waals surface area contributed by atoms with Gasteiger partial charge in [0, 0.05) is 0 Å². The minimum atomic E-state index is -5.40. The molecule has 0 aromatic heterocycles. The molecule has 0 radical (unpaired) electrons. The molecular formula is C10H17O9P. The van der Waals surface area contributed by atoms with Crippen molar-refractivity contribution < 1.29 is 44.1 Å². The van der Waals surface area contributed by atoms with Crippen molar-refractivity contribution >= 4 is 25.5 Å². The molecule has 2 unspecified atom stereocenters. The molecule has 2 atom stereocenters. The second-order valence-electron chi connectivity index (χ2n) is 4.37. The largest absolute Gasteiger partial charge is 0.481 e. The Hall–Kier alpha value is -1.44. The van der Waals surface area contributed by atoms with Gasteiger partial charge >= 0.3 is 25.5 Å². The first-order valence-corrected chi connectivity index (χ1v) is 7.35. The van der Waals surface area contributed by atoms with Gasteiger partial charge < -0.3 is 25.1 Å². The van der Waals surface area contributed by atoms with Gasteiger partial charge in [-0.05, 0) is 6.42 Å². The van der Waals surface area contributed by atoms with E-state index in [9.17, 15) is 28.7 Å². The van der Waals surface area contributed by atoms with Crippen molar-refractivity contribution in [3.05, 3.63) is 0 Å². The lowest BCUT2D eigenvalue weighted by molar-refractivity contribution is -0.156. The fourth-order valence-corrected chi connectivity index (χ4v) is 3.29. The summed E-state index contributed by atoms with van der Waals surface area (Å²) in [5.74, 6) is -7.74. The summed E-state index contributed by atoms with van der Waals surface area (Å²) >= 11 is 0. The Kier molecular flexibility index (Phi) is 6.33. The number of aliphatic carboxylic acids is 3. The molecule has 0 saturated heterocycles. The molecule has 9 nitrogen and oxygen atoms in total. The monoisotopic (exact) mass is 312 g/mol. The molecule has 0 aliphatic rings. The maximum atomic E-state index is 11.6. The van der Waals surface area contributed by atoms with Gasteiger partial charge in [0.2, 0.25) is 0 Å². The van der Waals surface area contributed by atoms with Crippen LogP contribution in [-0.4, -0.2) is 48.2 Å². The van der Waals surface area contributed by atoms with Gasteiger partial charge in [0.1, 0.15) is 0 Å². The number of rotatable bonds is 9. The zero-order chi connectivity index (χ0) is 16.1. The topological polar surface area (TPSA) is 169 Å². The van der Waals surface area contributed by atoms with Crippen LogP contribution in [0.1, 0.15) is 32.6 Å². The molecule has 20 heavy (non-hydrogen) atoms. The normalized spacial score (nSPS) is 16.1. The van der Waals surface area contributed by atoms with Gasteiger partial charge in [0.15, 0.2) is 5.16 Å². The molecule has 0 aliphatic carbocycles. The van der Waals surface area contributed by atoms with Crippen LogP contribution >= 0.6 is 7.60 Å². The van der Waals surface area contributed by atoms with Crippen molar-refractivity contribution in [3.63, 3.8) is 0 Å². The molecule has 10 heteroatoms. The number of carboxylic acid groups (broad SMARTS) is 3. The molecule has 116 valence electrons. The summed E-state index contributed by atoms with van der Waals surface area (Å²) in [4.78, 5) is 51.8. The van der Waals surface area contributed by atoms with Crippen LogP contribution in [0.4, 0.5) is 0 Å². The first-order valence-electron chi connectivity index (χ1n) is 5.74. The molecule has 0 rings (SSSR count). The van der Waals surface area contributed by atoms with E-state index in [-0.39, 0.29) is 6.42 Å². The van der Waals surface area contributed by atoms with Crippen molar-refractivity contribution in [3.8, 4) is 0 Å². The lowest BCUT2D eigenvalue weighted by Gasteiger charge is -2.34. The Morgan fingerprint density at radius 2 is 1.65 bits per heavy atom. The van der Waals surface area contributed by atoms with Gasteiger partial charge in [0.05, 0.1) is 12.3 Å². The molecular weight excluding hydrogens is 295 g/mol. The van der Waals surface area contributed by atoms with E-state index in [2.05, 4.69) is 0 Å². The van der Waals surface area contributed by atoms with Gasteiger partial charge in [-0.25, -0.2) is 0 Å². The summed E-state index contributed by atoms with van der Waals surface area (Å²) in [5.41, 5.74) is 0. The minimum Gasteiger partial charge on any atom is -0.481 e. The summed E-state index contributed by atoms with van der Waals surface area (Å²) in [7, 11) is -5.40. The van der Waals surface area contributed by atoms with Gasteiger partial charge in [-0.2, -0.15) is 0 Å². The molecule has 0 saturated carbocycles. The van der Waals surface area contributed by atoms with Crippen LogP contribution in [-0.2, 0) is 18.9 Å². The van der Waals surface area contributed by atoms with E-state index in [0.29, 0.717) is 6.42 Å². The quantitative estimate of drug-likeness (QED) is 0.377. The van der Waals surface area contributed by atoms with E-state index in [0.717, 1.165) is 0 Å². The van der Waals surface area contributed by atoms with Crippen molar-refractivity contribution in [1.82, 2.24) is 0 Å². The maximum Gasteiger partial charge on any atom is 0.343 e. The molecule has 0 fully saturated rings. The maximum absolute atomic E-state index is 11.6. The van der Waals surface area contributed by atoms with Crippen LogP contribution in [0.3, 0.4) is 0 Å². The van der Waals surface area contributed by atoms with E-state index in [1.54, 1.807) is 6.92 Å². The summed E-state index contributed by atoms with van der Waals surface area (Å²) in [6.07, 6.45) is -1.39. The standard InChI is InChI=1S/C10H17O9P/c1-2-3-4-10(9(15)16,20(17,18)19)6(8(13)14)5-7(11)12/h6H,2-5H2,1H3,(H,11,12)(H,13,14)(H,15,16)(H2,17,18,19). The van der Waals surface area contributed by atoms with Gasteiger partial charge in [0.25, 0.3) is 0 Å². The highest BCUT2D eigenvalue weighted by Gasteiger charge is 2.61. The second kappa shape index (κ2) is 6.83. The minimum absolute atomic E-state index is 0.0425. The average Bonchev–Trinajstić information content (AvgIpc) is 2.25. The van der Waals surface area contributed by atoms with E-state index >= 15 is 0 Å². The molecule has 0 aliphatic heterocycles. The molecule has 5 N–H and O–H groups in total. The van der Waals surface area contributed by atoms with E-state index < -0.39 is 49.4 Å². The predicted octanol–water partition coefficient (Wildman–Crippen LogP) is 0.353. The third-order valence-corrected chi connectivity index (χ3v) is 4.82. The molecule has 0 aromatic rings. The van der Waals surface area contributed by atoms with Crippen molar-refractivity contribution in [2.75, 3.05) is 0 Å².